The smallest absolute Gasteiger partial charge is 0.315 e. The number of halogens is 3. The van der Waals surface area contributed by atoms with Gasteiger partial charge in [0.15, 0.2) is 5.78 Å². The zero-order chi connectivity index (χ0) is 14.1. The van der Waals surface area contributed by atoms with Gasteiger partial charge in [-0.05, 0) is 19.4 Å². The number of aryl methyl sites for hydroxylation is 1. The summed E-state index contributed by atoms with van der Waals surface area (Å²) in [6.07, 6.45) is -1.32. The fourth-order valence-electron chi connectivity index (χ4n) is 2.36. The van der Waals surface area contributed by atoms with Gasteiger partial charge >= 0.3 is 6.18 Å². The monoisotopic (exact) mass is 275 g/mol. The van der Waals surface area contributed by atoms with Crippen LogP contribution >= 0.6 is 0 Å². The lowest BCUT2D eigenvalue weighted by atomic mass is 9.79. The molecule has 106 valence electrons. The molecule has 0 aliphatic carbocycles. The highest BCUT2D eigenvalue weighted by Crippen LogP contribution is 2.45. The maximum Gasteiger partial charge on any atom is 0.402 e. The molecule has 0 spiro atoms. The third kappa shape index (κ3) is 2.39. The van der Waals surface area contributed by atoms with E-state index in [1.54, 1.807) is 0 Å². The number of hydrogen-bond donors (Lipinski definition) is 1. The van der Waals surface area contributed by atoms with Gasteiger partial charge < -0.3 is 5.32 Å². The number of hydrogen-bond acceptors (Lipinski definition) is 3. The summed E-state index contributed by atoms with van der Waals surface area (Å²) in [6.45, 7) is 2.37. The summed E-state index contributed by atoms with van der Waals surface area (Å²) in [5.41, 5.74) is -2.26. The summed E-state index contributed by atoms with van der Waals surface area (Å²) in [5, 5.41) is 6.55. The van der Waals surface area contributed by atoms with Crippen molar-refractivity contribution in [2.75, 3.05) is 13.1 Å². The van der Waals surface area contributed by atoms with Crippen LogP contribution in [-0.4, -0.2) is 34.8 Å². The second kappa shape index (κ2) is 4.96. The zero-order valence-corrected chi connectivity index (χ0v) is 10.6. The number of aromatic nitrogens is 2. The first kappa shape index (κ1) is 14.0. The highest BCUT2D eigenvalue weighted by Gasteiger charge is 2.61. The molecule has 1 aromatic rings. The number of carbonyl (C=O) groups excluding carboxylic acids is 1. The second-order valence-electron chi connectivity index (χ2n) is 4.83. The van der Waals surface area contributed by atoms with Crippen LogP contribution in [0.3, 0.4) is 0 Å². The molecule has 1 fully saturated rings. The lowest BCUT2D eigenvalue weighted by Gasteiger charge is -2.28. The minimum atomic E-state index is -4.54. The van der Waals surface area contributed by atoms with Crippen molar-refractivity contribution >= 4 is 5.78 Å². The summed E-state index contributed by atoms with van der Waals surface area (Å²) in [6, 6.07) is 0. The van der Waals surface area contributed by atoms with Gasteiger partial charge in [-0.2, -0.15) is 18.3 Å². The molecule has 0 saturated carbocycles. The van der Waals surface area contributed by atoms with E-state index in [1.807, 2.05) is 6.92 Å². The van der Waals surface area contributed by atoms with Crippen molar-refractivity contribution in [2.45, 2.75) is 32.5 Å². The number of nitrogens with one attached hydrogen (secondary N) is 1. The van der Waals surface area contributed by atoms with Crippen LogP contribution in [0.5, 0.6) is 0 Å². The molecule has 1 N–H and O–H groups in total. The molecule has 0 aromatic carbocycles. The summed E-state index contributed by atoms with van der Waals surface area (Å²) in [7, 11) is 0. The van der Waals surface area contributed by atoms with Gasteiger partial charge in [0, 0.05) is 19.3 Å². The summed E-state index contributed by atoms with van der Waals surface area (Å²) < 4.78 is 41.2. The molecule has 19 heavy (non-hydrogen) atoms. The van der Waals surface area contributed by atoms with Crippen molar-refractivity contribution in [3.63, 3.8) is 0 Å². The van der Waals surface area contributed by atoms with Gasteiger partial charge in [-0.15, -0.1) is 0 Å². The Morgan fingerprint density at radius 2 is 2.32 bits per heavy atom. The van der Waals surface area contributed by atoms with Gasteiger partial charge in [-0.3, -0.25) is 9.48 Å². The molecule has 0 bridgehead atoms. The van der Waals surface area contributed by atoms with Gasteiger partial charge in [0.25, 0.3) is 0 Å². The van der Waals surface area contributed by atoms with Crippen LogP contribution in [0.25, 0.3) is 0 Å². The van der Waals surface area contributed by atoms with Gasteiger partial charge in [0.1, 0.15) is 5.41 Å². The van der Waals surface area contributed by atoms with Crippen LogP contribution < -0.4 is 5.32 Å². The molecule has 0 radical (unpaired) electrons. The fourth-order valence-corrected chi connectivity index (χ4v) is 2.36. The van der Waals surface area contributed by atoms with Crippen LogP contribution in [0.4, 0.5) is 13.2 Å². The Hall–Kier alpha value is -1.37. The summed E-state index contributed by atoms with van der Waals surface area (Å²) >= 11 is 0. The Balaban J connectivity index is 2.29. The number of nitrogens with zero attached hydrogens (tertiary/aromatic N) is 2. The van der Waals surface area contributed by atoms with E-state index in [0.717, 1.165) is 6.42 Å². The minimum Gasteiger partial charge on any atom is -0.315 e. The first-order chi connectivity index (χ1) is 8.90. The molecule has 1 atom stereocenters. The maximum atomic E-state index is 13.2. The Labute approximate surface area is 109 Å². The van der Waals surface area contributed by atoms with E-state index in [0.29, 0.717) is 6.54 Å². The molecule has 0 amide bonds. The molecule has 7 heteroatoms. The van der Waals surface area contributed by atoms with E-state index < -0.39 is 17.4 Å². The molecule has 1 unspecified atom stereocenters. The number of Topliss-reactive ketones (excluding diaryl/α,β-unsaturated/α-hetero) is 1. The number of ketones is 1. The lowest BCUT2D eigenvalue weighted by Crippen LogP contribution is -2.46. The Bertz CT molecular complexity index is 461. The highest BCUT2D eigenvalue weighted by molar-refractivity contribution is 6.01. The van der Waals surface area contributed by atoms with Crippen LogP contribution in [-0.2, 0) is 6.54 Å². The number of rotatable bonds is 4. The first-order valence-corrected chi connectivity index (χ1v) is 6.25. The van der Waals surface area contributed by atoms with Gasteiger partial charge in [-0.1, -0.05) is 6.92 Å². The largest absolute Gasteiger partial charge is 0.402 e. The fraction of sp³-hybridized carbons (Fsp3) is 0.667. The standard InChI is InChI=1S/C12H16F3N3O/c1-2-5-18-7-9(6-17-18)10(19)11(12(13,14)15)3-4-16-8-11/h6-7,16H,2-5,8H2,1H3. The normalized spacial score (nSPS) is 23.8. The minimum absolute atomic E-state index is 0.0366. The van der Waals surface area contributed by atoms with E-state index in [2.05, 4.69) is 10.4 Å². The SMILES string of the molecule is CCCn1cc(C(=O)C2(C(F)(F)F)CCNC2)cn1. The predicted molar refractivity (Wildman–Crippen MR) is 62.8 cm³/mol. The van der Waals surface area contributed by atoms with Gasteiger partial charge in [-0.25, -0.2) is 0 Å². The van der Waals surface area contributed by atoms with Crippen molar-refractivity contribution in [3.05, 3.63) is 18.0 Å². The van der Waals surface area contributed by atoms with Crippen molar-refractivity contribution in [1.82, 2.24) is 15.1 Å². The average molecular weight is 275 g/mol. The molecular weight excluding hydrogens is 259 g/mol. The molecule has 1 aliphatic heterocycles. The molecular formula is C12H16F3N3O. The predicted octanol–water partition coefficient (Wildman–Crippen LogP) is 2.02. The summed E-state index contributed by atoms with van der Waals surface area (Å²) in [5.74, 6) is -0.882. The van der Waals surface area contributed by atoms with Crippen molar-refractivity contribution in [3.8, 4) is 0 Å². The van der Waals surface area contributed by atoms with E-state index in [-0.39, 0.29) is 25.1 Å². The molecule has 1 aliphatic rings. The van der Waals surface area contributed by atoms with Gasteiger partial charge in [0.2, 0.25) is 0 Å². The number of carbonyl (C=O) groups is 1. The third-order valence-electron chi connectivity index (χ3n) is 3.48. The van der Waals surface area contributed by atoms with Gasteiger partial charge in [0.05, 0.1) is 11.8 Å². The third-order valence-corrected chi connectivity index (χ3v) is 3.48. The topological polar surface area (TPSA) is 46.9 Å². The van der Waals surface area contributed by atoms with Crippen molar-refractivity contribution in [2.24, 2.45) is 5.41 Å². The van der Waals surface area contributed by atoms with Crippen LogP contribution in [0.1, 0.15) is 30.1 Å². The Morgan fingerprint density at radius 1 is 1.58 bits per heavy atom. The van der Waals surface area contributed by atoms with Crippen molar-refractivity contribution in [1.29, 1.82) is 0 Å². The maximum absolute atomic E-state index is 13.2. The van der Waals surface area contributed by atoms with E-state index in [4.69, 9.17) is 0 Å². The summed E-state index contributed by atoms with van der Waals surface area (Å²) in [4.78, 5) is 12.2. The quantitative estimate of drug-likeness (QED) is 0.855. The number of alkyl halides is 3. The van der Waals surface area contributed by atoms with Crippen LogP contribution in [0, 0.1) is 5.41 Å². The molecule has 1 saturated heterocycles. The van der Waals surface area contributed by atoms with E-state index in [9.17, 15) is 18.0 Å². The van der Waals surface area contributed by atoms with Crippen molar-refractivity contribution < 1.29 is 18.0 Å². The molecule has 1 aromatic heterocycles. The first-order valence-electron chi connectivity index (χ1n) is 6.25. The van der Waals surface area contributed by atoms with Crippen LogP contribution in [0.15, 0.2) is 12.4 Å². The van der Waals surface area contributed by atoms with Crippen LogP contribution in [0.2, 0.25) is 0 Å². The molecule has 4 nitrogen and oxygen atoms in total. The average Bonchev–Trinajstić information content (AvgIpc) is 2.96. The molecule has 2 heterocycles. The lowest BCUT2D eigenvalue weighted by molar-refractivity contribution is -0.197. The zero-order valence-electron chi connectivity index (χ0n) is 10.6. The second-order valence-corrected chi connectivity index (χ2v) is 4.83. The van der Waals surface area contributed by atoms with E-state index in [1.165, 1.54) is 17.1 Å². The van der Waals surface area contributed by atoms with E-state index >= 15 is 0 Å². The Kier molecular flexibility index (Phi) is 3.66. The highest BCUT2D eigenvalue weighted by atomic mass is 19.4. The Morgan fingerprint density at radius 3 is 2.84 bits per heavy atom. The molecule has 2 rings (SSSR count).